The quantitative estimate of drug-likeness (QED) is 0.0942. The van der Waals surface area contributed by atoms with Gasteiger partial charge in [-0.25, -0.2) is 0 Å². The van der Waals surface area contributed by atoms with Crippen LogP contribution in [0.2, 0.25) is 0 Å². The fourth-order valence-corrected chi connectivity index (χ4v) is 2.77. The molecule has 0 aliphatic rings. The van der Waals surface area contributed by atoms with Crippen LogP contribution in [0.4, 0.5) is 0 Å². The summed E-state index contributed by atoms with van der Waals surface area (Å²) in [7, 11) is 0. The molecule has 1 atom stereocenters. The number of hydrogen-bond acceptors (Lipinski definition) is 11. The second-order valence-electron chi connectivity index (χ2n) is 8.70. The predicted octanol–water partition coefficient (Wildman–Crippen LogP) is 2.35. The minimum Gasteiger partial charge on any atom is -0.481 e. The third-order valence-corrected chi connectivity index (χ3v) is 5.22. The molecule has 232 valence electrons. The van der Waals surface area contributed by atoms with Crippen molar-refractivity contribution in [3.05, 3.63) is 0 Å². The molecule has 0 aliphatic carbocycles. The number of carboxylic acid groups (broad SMARTS) is 1. The number of carboxylic acids is 1. The first kappa shape index (κ1) is 37.6. The fourth-order valence-electron chi connectivity index (χ4n) is 2.77. The second-order valence-corrected chi connectivity index (χ2v) is 8.70. The molecule has 1 N–H and O–H groups in total. The molecule has 0 fully saturated rings. The maximum absolute atomic E-state index is 11.4. The molecular weight excluding hydrogens is 516 g/mol. The summed E-state index contributed by atoms with van der Waals surface area (Å²) in [5, 5.41) is 8.53. The van der Waals surface area contributed by atoms with Gasteiger partial charge in [-0.2, -0.15) is 0 Å². The Kier molecular flexibility index (Phi) is 30.0. The van der Waals surface area contributed by atoms with Crippen molar-refractivity contribution in [2.24, 2.45) is 5.92 Å². The second kappa shape index (κ2) is 31.2. The highest BCUT2D eigenvalue weighted by Crippen LogP contribution is 2.01. The fraction of sp³-hybridized carbons (Fsp3) is 0.926. The van der Waals surface area contributed by atoms with Gasteiger partial charge in [-0.05, 0) is 18.8 Å². The number of carbonyl (C=O) groups excluding carboxylic acids is 1. The van der Waals surface area contributed by atoms with E-state index < -0.39 is 5.97 Å². The summed E-state index contributed by atoms with van der Waals surface area (Å²) in [6.45, 7) is 12.6. The Morgan fingerprint density at radius 1 is 0.538 bits per heavy atom. The first-order valence-electron chi connectivity index (χ1n) is 14.1. The molecule has 0 rings (SSSR count). The van der Waals surface area contributed by atoms with E-state index in [4.69, 9.17) is 47.7 Å². The minimum absolute atomic E-state index is 0.0649. The predicted molar refractivity (Wildman–Crippen MR) is 143 cm³/mol. The van der Waals surface area contributed by atoms with Crippen LogP contribution in [-0.2, 0) is 52.2 Å². The lowest BCUT2D eigenvalue weighted by Gasteiger charge is -2.10. The summed E-state index contributed by atoms with van der Waals surface area (Å²) < 4.78 is 48.4. The van der Waals surface area contributed by atoms with Crippen LogP contribution in [0, 0.1) is 5.92 Å². The number of carbonyl (C=O) groups is 2. The molecule has 0 aromatic heterocycles. The molecule has 0 aromatic rings. The summed E-state index contributed by atoms with van der Waals surface area (Å²) in [6.07, 6.45) is 2.38. The van der Waals surface area contributed by atoms with Gasteiger partial charge in [-0.3, -0.25) is 9.59 Å². The molecule has 0 aliphatic heterocycles. The zero-order chi connectivity index (χ0) is 28.7. The van der Waals surface area contributed by atoms with Crippen LogP contribution in [0.25, 0.3) is 0 Å². The highest BCUT2D eigenvalue weighted by Gasteiger charge is 2.04. The van der Waals surface area contributed by atoms with E-state index in [1.807, 2.05) is 0 Å². The van der Waals surface area contributed by atoms with Crippen LogP contribution < -0.4 is 0 Å². The van der Waals surface area contributed by atoms with Gasteiger partial charge in [0.05, 0.1) is 99.1 Å². The third kappa shape index (κ3) is 32.7. The van der Waals surface area contributed by atoms with Gasteiger partial charge in [0, 0.05) is 19.4 Å². The smallest absolute Gasteiger partial charge is 0.305 e. The van der Waals surface area contributed by atoms with E-state index in [-0.39, 0.29) is 25.4 Å². The average Bonchev–Trinajstić information content (AvgIpc) is 2.92. The Morgan fingerprint density at radius 2 is 0.872 bits per heavy atom. The van der Waals surface area contributed by atoms with Crippen molar-refractivity contribution in [1.82, 2.24) is 0 Å². The van der Waals surface area contributed by atoms with Gasteiger partial charge < -0.3 is 47.7 Å². The van der Waals surface area contributed by atoms with E-state index >= 15 is 0 Å². The third-order valence-electron chi connectivity index (χ3n) is 5.22. The Morgan fingerprint density at radius 3 is 1.23 bits per heavy atom. The largest absolute Gasteiger partial charge is 0.481 e. The normalized spacial score (nSPS) is 12.1. The van der Waals surface area contributed by atoms with Gasteiger partial charge in [0.15, 0.2) is 0 Å². The van der Waals surface area contributed by atoms with E-state index in [2.05, 4.69) is 13.8 Å². The van der Waals surface area contributed by atoms with Gasteiger partial charge in [0.25, 0.3) is 0 Å². The molecule has 1 unspecified atom stereocenters. The SMILES string of the molecule is CCC(C)COCCOCCOCCOCCOCCOCCOCCOCCOC(=O)CCCCC(=O)O. The Labute approximate surface area is 233 Å². The lowest BCUT2D eigenvalue weighted by Crippen LogP contribution is -2.15. The summed E-state index contributed by atoms with van der Waals surface area (Å²) in [6, 6.07) is 0. The van der Waals surface area contributed by atoms with Gasteiger partial charge >= 0.3 is 11.9 Å². The number of aliphatic carboxylic acids is 1. The maximum Gasteiger partial charge on any atom is 0.305 e. The van der Waals surface area contributed by atoms with E-state index in [1.165, 1.54) is 0 Å². The molecule has 0 saturated heterocycles. The van der Waals surface area contributed by atoms with Crippen molar-refractivity contribution in [2.45, 2.75) is 46.0 Å². The van der Waals surface area contributed by atoms with Gasteiger partial charge in [-0.15, -0.1) is 0 Å². The Bertz CT molecular complexity index is 535. The van der Waals surface area contributed by atoms with Crippen LogP contribution in [0.3, 0.4) is 0 Å². The van der Waals surface area contributed by atoms with Gasteiger partial charge in [0.2, 0.25) is 0 Å². The zero-order valence-electron chi connectivity index (χ0n) is 24.1. The molecule has 39 heavy (non-hydrogen) atoms. The highest BCUT2D eigenvalue weighted by molar-refractivity contribution is 5.69. The lowest BCUT2D eigenvalue weighted by atomic mass is 10.1. The minimum atomic E-state index is -0.859. The molecule has 0 heterocycles. The topological polar surface area (TPSA) is 137 Å². The highest BCUT2D eigenvalue weighted by atomic mass is 16.6. The number of esters is 1. The monoisotopic (exact) mass is 568 g/mol. The molecule has 0 amide bonds. The van der Waals surface area contributed by atoms with Crippen LogP contribution in [-0.4, -0.2) is 129 Å². The van der Waals surface area contributed by atoms with E-state index in [9.17, 15) is 9.59 Å². The maximum atomic E-state index is 11.4. The Balaban J connectivity index is 3.11. The number of hydrogen-bond donors (Lipinski definition) is 1. The van der Waals surface area contributed by atoms with Crippen molar-refractivity contribution in [3.8, 4) is 0 Å². The summed E-state index contributed by atoms with van der Waals surface area (Å²) in [5.41, 5.74) is 0. The number of unbranched alkanes of at least 4 members (excludes halogenated alkanes) is 1. The van der Waals surface area contributed by atoms with Crippen molar-refractivity contribution in [2.75, 3.05) is 112 Å². The average molecular weight is 569 g/mol. The number of rotatable bonds is 32. The summed E-state index contributed by atoms with van der Waals surface area (Å²) >= 11 is 0. The molecule has 12 heteroatoms. The van der Waals surface area contributed by atoms with Crippen LogP contribution >= 0.6 is 0 Å². The van der Waals surface area contributed by atoms with Crippen molar-refractivity contribution in [1.29, 1.82) is 0 Å². The molecule has 0 spiro atoms. The molecule has 0 aromatic carbocycles. The molecular formula is C27H52O12. The first-order chi connectivity index (χ1) is 19.1. The summed E-state index contributed by atoms with van der Waals surface area (Å²) in [4.78, 5) is 21.8. The first-order valence-corrected chi connectivity index (χ1v) is 14.1. The Hall–Kier alpha value is -1.38. The number of ether oxygens (including phenoxy) is 9. The standard InChI is InChI=1S/C27H52O12/c1-3-25(2)24-38-21-20-36-17-16-34-13-12-32-9-8-31-10-11-33-14-15-35-18-19-37-22-23-39-27(30)7-5-4-6-26(28)29/h25H,3-24H2,1-2H3,(H,28,29). The van der Waals surface area contributed by atoms with Crippen molar-refractivity contribution in [3.63, 3.8) is 0 Å². The summed E-state index contributed by atoms with van der Waals surface area (Å²) in [5.74, 6) is -0.611. The van der Waals surface area contributed by atoms with Gasteiger partial charge in [-0.1, -0.05) is 20.3 Å². The van der Waals surface area contributed by atoms with Crippen LogP contribution in [0.5, 0.6) is 0 Å². The molecule has 0 bridgehead atoms. The molecule has 0 saturated carbocycles. The van der Waals surface area contributed by atoms with Gasteiger partial charge in [0.1, 0.15) is 6.61 Å². The van der Waals surface area contributed by atoms with E-state index in [0.717, 1.165) is 13.0 Å². The van der Waals surface area contributed by atoms with Crippen LogP contribution in [0.15, 0.2) is 0 Å². The molecule has 12 nitrogen and oxygen atoms in total. The van der Waals surface area contributed by atoms with Crippen molar-refractivity contribution < 1.29 is 57.3 Å². The van der Waals surface area contributed by atoms with Crippen LogP contribution in [0.1, 0.15) is 46.0 Å². The molecule has 0 radical (unpaired) electrons. The van der Waals surface area contributed by atoms with Crippen molar-refractivity contribution >= 4 is 11.9 Å². The van der Waals surface area contributed by atoms with E-state index in [1.54, 1.807) is 0 Å². The zero-order valence-corrected chi connectivity index (χ0v) is 24.1. The van der Waals surface area contributed by atoms with E-state index in [0.29, 0.717) is 118 Å². The lowest BCUT2D eigenvalue weighted by molar-refractivity contribution is -0.146.